The van der Waals surface area contributed by atoms with Crippen molar-refractivity contribution in [2.75, 3.05) is 36.9 Å². The minimum Gasteiger partial charge on any atom is -0.395 e. The first kappa shape index (κ1) is 12.7. The van der Waals surface area contributed by atoms with E-state index in [1.807, 2.05) is 0 Å². The lowest BCUT2D eigenvalue weighted by molar-refractivity contribution is 0.100. The third-order valence-electron chi connectivity index (χ3n) is 1.97. The number of rotatable bonds is 6. The number of anilines is 2. The van der Waals surface area contributed by atoms with Crippen molar-refractivity contribution in [3.05, 3.63) is 5.56 Å². The van der Waals surface area contributed by atoms with Crippen LogP contribution in [-0.2, 0) is 0 Å². The van der Waals surface area contributed by atoms with E-state index in [1.165, 1.54) is 0 Å². The Bertz CT molecular complexity index is 362. The Morgan fingerprint density at radius 3 is 2.38 bits per heavy atom. The van der Waals surface area contributed by atoms with Crippen LogP contribution in [0.15, 0.2) is 0 Å². The van der Waals surface area contributed by atoms with Gasteiger partial charge in [0, 0.05) is 13.1 Å². The van der Waals surface area contributed by atoms with Gasteiger partial charge in [-0.25, -0.2) is 0 Å². The number of hydrogen-bond acceptors (Lipinski definition) is 7. The lowest BCUT2D eigenvalue weighted by Crippen LogP contribution is -2.31. The number of nitrogens with zero attached hydrogens (tertiary/aromatic N) is 2. The second kappa shape index (κ2) is 5.64. The van der Waals surface area contributed by atoms with Crippen molar-refractivity contribution in [2.45, 2.75) is 0 Å². The smallest absolute Gasteiger partial charge is 0.255 e. The zero-order chi connectivity index (χ0) is 12.1. The maximum absolute atomic E-state index is 11.2. The molecule has 0 atom stereocenters. The van der Waals surface area contributed by atoms with Crippen molar-refractivity contribution in [2.24, 2.45) is 5.73 Å². The van der Waals surface area contributed by atoms with Gasteiger partial charge in [-0.05, 0) is 11.5 Å². The fourth-order valence-corrected chi connectivity index (χ4v) is 2.17. The molecule has 1 aromatic rings. The van der Waals surface area contributed by atoms with Crippen molar-refractivity contribution in [3.63, 3.8) is 0 Å². The summed E-state index contributed by atoms with van der Waals surface area (Å²) >= 11 is 1.02. The van der Waals surface area contributed by atoms with Crippen molar-refractivity contribution >= 4 is 28.3 Å². The first-order valence-electron chi connectivity index (χ1n) is 4.63. The van der Waals surface area contributed by atoms with E-state index in [4.69, 9.17) is 21.7 Å². The van der Waals surface area contributed by atoms with Crippen molar-refractivity contribution in [1.82, 2.24) is 4.37 Å². The van der Waals surface area contributed by atoms with Gasteiger partial charge in [-0.3, -0.25) is 4.79 Å². The Morgan fingerprint density at radius 2 is 1.94 bits per heavy atom. The highest BCUT2D eigenvalue weighted by molar-refractivity contribution is 7.11. The number of aliphatic hydroxyl groups is 2. The fourth-order valence-electron chi connectivity index (χ4n) is 1.30. The second-order valence-electron chi connectivity index (χ2n) is 3.05. The Labute approximate surface area is 96.4 Å². The Kier molecular flexibility index (Phi) is 4.47. The minimum atomic E-state index is -0.665. The highest BCUT2D eigenvalue weighted by atomic mass is 32.1. The summed E-state index contributed by atoms with van der Waals surface area (Å²) in [6.45, 7) is 0.358. The Balaban J connectivity index is 3.03. The van der Waals surface area contributed by atoms with Crippen LogP contribution in [0.4, 0.5) is 10.8 Å². The van der Waals surface area contributed by atoms with Gasteiger partial charge in [-0.1, -0.05) is 0 Å². The van der Waals surface area contributed by atoms with Gasteiger partial charge in [0.25, 0.3) is 5.91 Å². The van der Waals surface area contributed by atoms with Gasteiger partial charge in [0.1, 0.15) is 10.6 Å². The third-order valence-corrected chi connectivity index (χ3v) is 2.90. The van der Waals surface area contributed by atoms with Crippen LogP contribution in [0, 0.1) is 0 Å². The number of nitrogens with two attached hydrogens (primary N) is 2. The molecule has 0 aliphatic rings. The lowest BCUT2D eigenvalue weighted by atomic mass is 10.3. The topological polar surface area (TPSA) is 126 Å². The molecule has 0 saturated heterocycles. The molecule has 0 spiro atoms. The van der Waals surface area contributed by atoms with Crippen LogP contribution in [0.1, 0.15) is 10.4 Å². The van der Waals surface area contributed by atoms with Gasteiger partial charge in [0.2, 0.25) is 0 Å². The molecule has 1 rings (SSSR count). The average molecular weight is 246 g/mol. The zero-order valence-corrected chi connectivity index (χ0v) is 9.40. The molecule has 1 amide bonds. The molecule has 0 unspecified atom stereocenters. The van der Waals surface area contributed by atoms with Gasteiger partial charge < -0.3 is 26.6 Å². The van der Waals surface area contributed by atoms with E-state index in [0.29, 0.717) is 5.00 Å². The summed E-state index contributed by atoms with van der Waals surface area (Å²) in [5.74, 6) is -0.587. The molecule has 8 heteroatoms. The van der Waals surface area contributed by atoms with E-state index < -0.39 is 5.91 Å². The minimum absolute atomic E-state index is 0.0772. The maximum Gasteiger partial charge on any atom is 0.255 e. The summed E-state index contributed by atoms with van der Waals surface area (Å²) in [6, 6.07) is 0. The molecule has 0 fully saturated rings. The number of primary amides is 1. The molecule has 90 valence electrons. The van der Waals surface area contributed by atoms with Gasteiger partial charge >= 0.3 is 0 Å². The predicted molar refractivity (Wildman–Crippen MR) is 61.4 cm³/mol. The summed E-state index contributed by atoms with van der Waals surface area (Å²) < 4.78 is 3.84. The molecular weight excluding hydrogens is 232 g/mol. The molecule has 0 saturated carbocycles. The molecule has 0 aromatic carbocycles. The van der Waals surface area contributed by atoms with Crippen LogP contribution < -0.4 is 16.4 Å². The van der Waals surface area contributed by atoms with Crippen molar-refractivity contribution < 1.29 is 15.0 Å². The monoisotopic (exact) mass is 246 g/mol. The number of nitrogen functional groups attached to an aromatic ring is 1. The van der Waals surface area contributed by atoms with Crippen molar-refractivity contribution in [3.8, 4) is 0 Å². The molecule has 16 heavy (non-hydrogen) atoms. The van der Waals surface area contributed by atoms with Crippen LogP contribution in [0.2, 0.25) is 0 Å². The molecular formula is C8H14N4O3S. The standard InChI is InChI=1S/C8H14N4O3S/c9-6-5(7(10)15)8(16-11-6)12(1-3-13)2-4-14/h13-14H,1-4H2,(H2,9,11)(H2,10,15). The highest BCUT2D eigenvalue weighted by Gasteiger charge is 2.21. The van der Waals surface area contributed by atoms with Gasteiger partial charge in [0.15, 0.2) is 5.82 Å². The van der Waals surface area contributed by atoms with E-state index in [9.17, 15) is 4.79 Å². The van der Waals surface area contributed by atoms with E-state index in [0.717, 1.165) is 11.5 Å². The van der Waals surface area contributed by atoms with Crippen LogP contribution in [0.5, 0.6) is 0 Å². The second-order valence-corrected chi connectivity index (χ2v) is 3.80. The quantitative estimate of drug-likeness (QED) is 0.490. The van der Waals surface area contributed by atoms with Crippen LogP contribution in [0.3, 0.4) is 0 Å². The number of hydrogen-bond donors (Lipinski definition) is 4. The third kappa shape index (κ3) is 2.60. The summed E-state index contributed by atoms with van der Waals surface area (Å²) in [5.41, 5.74) is 10.9. The molecule has 6 N–H and O–H groups in total. The van der Waals surface area contributed by atoms with Gasteiger partial charge in [-0.15, -0.1) is 0 Å². The lowest BCUT2D eigenvalue weighted by Gasteiger charge is -2.21. The molecule has 0 bridgehead atoms. The fraction of sp³-hybridized carbons (Fsp3) is 0.500. The van der Waals surface area contributed by atoms with Gasteiger partial charge in [-0.2, -0.15) is 4.37 Å². The first-order chi connectivity index (χ1) is 7.61. The number of amides is 1. The summed E-state index contributed by atoms with van der Waals surface area (Å²) in [5, 5.41) is 18.2. The molecule has 1 aromatic heterocycles. The van der Waals surface area contributed by atoms with Crippen molar-refractivity contribution in [1.29, 1.82) is 0 Å². The average Bonchev–Trinajstić information content (AvgIpc) is 2.60. The summed E-state index contributed by atoms with van der Waals surface area (Å²) in [4.78, 5) is 12.8. The number of carbonyl (C=O) groups excluding carboxylic acids is 1. The van der Waals surface area contributed by atoms with Crippen LogP contribution in [0.25, 0.3) is 0 Å². The van der Waals surface area contributed by atoms with E-state index in [-0.39, 0.29) is 37.7 Å². The van der Waals surface area contributed by atoms with Gasteiger partial charge in [0.05, 0.1) is 13.2 Å². The van der Waals surface area contributed by atoms with E-state index in [2.05, 4.69) is 4.37 Å². The molecule has 0 aliphatic heterocycles. The highest BCUT2D eigenvalue weighted by Crippen LogP contribution is 2.29. The summed E-state index contributed by atoms with van der Waals surface area (Å²) in [6.07, 6.45) is 0. The number of aliphatic hydroxyl groups excluding tert-OH is 2. The SMILES string of the molecule is NC(=O)c1c(N)nsc1N(CCO)CCO. The molecule has 0 radical (unpaired) electrons. The summed E-state index contributed by atoms with van der Waals surface area (Å²) in [7, 11) is 0. The van der Waals surface area contributed by atoms with Crippen LogP contribution in [-0.4, -0.2) is 46.8 Å². The largest absolute Gasteiger partial charge is 0.395 e. The Morgan fingerprint density at radius 1 is 1.38 bits per heavy atom. The number of aromatic nitrogens is 1. The predicted octanol–water partition coefficient (Wildman–Crippen LogP) is -1.38. The normalized spacial score (nSPS) is 10.4. The molecule has 7 nitrogen and oxygen atoms in total. The maximum atomic E-state index is 11.2. The van der Waals surface area contributed by atoms with E-state index in [1.54, 1.807) is 4.90 Å². The Hall–Kier alpha value is -1.38. The molecule has 0 aliphatic carbocycles. The molecule has 1 heterocycles. The first-order valence-corrected chi connectivity index (χ1v) is 5.40. The zero-order valence-electron chi connectivity index (χ0n) is 8.59. The van der Waals surface area contributed by atoms with E-state index >= 15 is 0 Å². The van der Waals surface area contributed by atoms with Crippen LogP contribution >= 0.6 is 11.5 Å². The number of carbonyl (C=O) groups is 1.